The van der Waals surface area contributed by atoms with E-state index in [0.29, 0.717) is 5.69 Å². The van der Waals surface area contributed by atoms with Gasteiger partial charge in [-0.15, -0.1) is 0 Å². The molecule has 0 aliphatic rings. The highest BCUT2D eigenvalue weighted by molar-refractivity contribution is 5.91. The van der Waals surface area contributed by atoms with Gasteiger partial charge in [-0.25, -0.2) is 4.98 Å². The van der Waals surface area contributed by atoms with Crippen LogP contribution in [0.25, 0.3) is 11.0 Å². The van der Waals surface area contributed by atoms with E-state index in [1.807, 2.05) is 0 Å². The number of nitrogens with zero attached hydrogens (tertiary/aromatic N) is 2. The Balaban J connectivity index is 1.84. The maximum atomic E-state index is 13.3. The summed E-state index contributed by atoms with van der Waals surface area (Å²) >= 11 is 0. The molecular weight excluding hydrogens is 347 g/mol. The van der Waals surface area contributed by atoms with Crippen molar-refractivity contribution in [3.8, 4) is 0 Å². The van der Waals surface area contributed by atoms with Gasteiger partial charge in [0.25, 0.3) is 0 Å². The molecule has 6 nitrogen and oxygen atoms in total. The standard InChI is InChI=1S/C17H16F3N5O/c1-9-7-13(17(18,19)20)14-15(24-25-16(14)22-9)21-8-11-3-5-12(6-4-11)23-10(2)26/h3-7H,8H2,1-2H3,(H,23,26)(H2,21,22,24,25). The molecular formula is C17H16F3N5O. The van der Waals surface area contributed by atoms with E-state index in [4.69, 9.17) is 0 Å². The van der Waals surface area contributed by atoms with Crippen LogP contribution in [0.15, 0.2) is 30.3 Å². The van der Waals surface area contributed by atoms with Crippen LogP contribution in [0.2, 0.25) is 0 Å². The normalized spacial score (nSPS) is 11.6. The second-order valence-corrected chi connectivity index (χ2v) is 5.84. The Bertz CT molecular complexity index is 947. The third-order valence-electron chi connectivity index (χ3n) is 3.70. The number of carbonyl (C=O) groups is 1. The lowest BCUT2D eigenvalue weighted by atomic mass is 10.1. The second kappa shape index (κ2) is 6.66. The van der Waals surface area contributed by atoms with Crippen LogP contribution >= 0.6 is 0 Å². The molecule has 0 radical (unpaired) electrons. The van der Waals surface area contributed by atoms with Gasteiger partial charge in [-0.05, 0) is 30.7 Å². The van der Waals surface area contributed by atoms with Gasteiger partial charge < -0.3 is 10.6 Å². The number of aryl methyl sites for hydroxylation is 1. The molecule has 0 saturated heterocycles. The number of pyridine rings is 1. The first-order chi connectivity index (χ1) is 12.2. The van der Waals surface area contributed by atoms with Crippen LogP contribution in [-0.2, 0) is 17.5 Å². The Morgan fingerprint density at radius 3 is 2.54 bits per heavy atom. The maximum absolute atomic E-state index is 13.3. The number of H-pyrrole nitrogens is 1. The minimum absolute atomic E-state index is 0.0841. The number of hydrogen-bond donors (Lipinski definition) is 3. The summed E-state index contributed by atoms with van der Waals surface area (Å²) in [6.45, 7) is 3.18. The van der Waals surface area contributed by atoms with Crippen molar-refractivity contribution >= 4 is 28.4 Å². The number of benzene rings is 1. The Morgan fingerprint density at radius 2 is 1.92 bits per heavy atom. The minimum atomic E-state index is -4.51. The maximum Gasteiger partial charge on any atom is 0.417 e. The first-order valence-electron chi connectivity index (χ1n) is 7.77. The summed E-state index contributed by atoms with van der Waals surface area (Å²) in [7, 11) is 0. The minimum Gasteiger partial charge on any atom is -0.364 e. The summed E-state index contributed by atoms with van der Waals surface area (Å²) in [6.07, 6.45) is -4.51. The highest BCUT2D eigenvalue weighted by Gasteiger charge is 2.35. The van der Waals surface area contributed by atoms with Crippen LogP contribution in [0.4, 0.5) is 24.7 Å². The van der Waals surface area contributed by atoms with Gasteiger partial charge in [0.05, 0.1) is 10.9 Å². The van der Waals surface area contributed by atoms with Crippen LogP contribution in [0, 0.1) is 6.92 Å². The highest BCUT2D eigenvalue weighted by atomic mass is 19.4. The van der Waals surface area contributed by atoms with E-state index in [0.717, 1.165) is 11.6 Å². The zero-order chi connectivity index (χ0) is 18.9. The number of hydrogen-bond acceptors (Lipinski definition) is 4. The van der Waals surface area contributed by atoms with Gasteiger partial charge >= 0.3 is 6.18 Å². The summed E-state index contributed by atoms with van der Waals surface area (Å²) in [4.78, 5) is 15.1. The molecule has 3 N–H and O–H groups in total. The first kappa shape index (κ1) is 17.7. The van der Waals surface area contributed by atoms with Gasteiger partial charge in [0.15, 0.2) is 11.5 Å². The van der Waals surface area contributed by atoms with Crippen molar-refractivity contribution in [1.29, 1.82) is 0 Å². The number of amides is 1. The Hall–Kier alpha value is -3.10. The van der Waals surface area contributed by atoms with Crippen LogP contribution < -0.4 is 10.6 Å². The smallest absolute Gasteiger partial charge is 0.364 e. The van der Waals surface area contributed by atoms with E-state index < -0.39 is 11.7 Å². The number of alkyl halides is 3. The van der Waals surface area contributed by atoms with Crippen molar-refractivity contribution in [2.75, 3.05) is 10.6 Å². The molecule has 9 heteroatoms. The molecule has 2 aromatic heterocycles. The van der Waals surface area contributed by atoms with Gasteiger partial charge in [-0.1, -0.05) is 12.1 Å². The molecule has 0 aliphatic heterocycles. The van der Waals surface area contributed by atoms with Crippen molar-refractivity contribution in [2.24, 2.45) is 0 Å². The number of aromatic nitrogens is 3. The zero-order valence-electron chi connectivity index (χ0n) is 14.0. The number of fused-ring (bicyclic) bond motifs is 1. The molecule has 3 aromatic rings. The van der Waals surface area contributed by atoms with E-state index in [1.54, 1.807) is 24.3 Å². The van der Waals surface area contributed by atoms with Crippen molar-refractivity contribution in [2.45, 2.75) is 26.6 Å². The summed E-state index contributed by atoms with van der Waals surface area (Å²) in [5, 5.41) is 11.9. The molecule has 1 amide bonds. The predicted molar refractivity (Wildman–Crippen MR) is 91.7 cm³/mol. The first-order valence-corrected chi connectivity index (χ1v) is 7.77. The molecule has 0 spiro atoms. The number of nitrogens with one attached hydrogen (secondary N) is 3. The lowest BCUT2D eigenvalue weighted by Crippen LogP contribution is -2.08. The van der Waals surface area contributed by atoms with Crippen molar-refractivity contribution in [3.05, 3.63) is 47.2 Å². The summed E-state index contributed by atoms with van der Waals surface area (Å²) < 4.78 is 40.0. The number of anilines is 2. The summed E-state index contributed by atoms with van der Waals surface area (Å²) in [5.74, 6) is -0.0906. The zero-order valence-corrected chi connectivity index (χ0v) is 14.0. The molecule has 2 heterocycles. The molecule has 3 rings (SSSR count). The fraction of sp³-hybridized carbons (Fsp3) is 0.235. The monoisotopic (exact) mass is 363 g/mol. The van der Waals surface area contributed by atoms with Crippen molar-refractivity contribution < 1.29 is 18.0 Å². The molecule has 26 heavy (non-hydrogen) atoms. The van der Waals surface area contributed by atoms with Crippen molar-refractivity contribution in [1.82, 2.24) is 15.2 Å². The van der Waals surface area contributed by atoms with Gasteiger partial charge in [-0.3, -0.25) is 9.89 Å². The van der Waals surface area contributed by atoms with E-state index in [2.05, 4.69) is 25.8 Å². The van der Waals surface area contributed by atoms with Crippen molar-refractivity contribution in [3.63, 3.8) is 0 Å². The molecule has 0 atom stereocenters. The number of carbonyl (C=O) groups excluding carboxylic acids is 1. The summed E-state index contributed by atoms with van der Waals surface area (Å²) in [5.41, 5.74) is 1.03. The van der Waals surface area contributed by atoms with Crippen LogP contribution in [0.3, 0.4) is 0 Å². The fourth-order valence-electron chi connectivity index (χ4n) is 2.60. The molecule has 1 aromatic carbocycles. The van der Waals surface area contributed by atoms with Crippen LogP contribution in [0.5, 0.6) is 0 Å². The molecule has 0 bridgehead atoms. The Morgan fingerprint density at radius 1 is 1.23 bits per heavy atom. The second-order valence-electron chi connectivity index (χ2n) is 5.84. The molecule has 0 unspecified atom stereocenters. The van der Waals surface area contributed by atoms with E-state index >= 15 is 0 Å². The third kappa shape index (κ3) is 3.76. The van der Waals surface area contributed by atoms with E-state index in [-0.39, 0.29) is 35.0 Å². The number of aromatic amines is 1. The fourth-order valence-corrected chi connectivity index (χ4v) is 2.60. The molecule has 136 valence electrons. The van der Waals surface area contributed by atoms with Gasteiger partial charge in [0.2, 0.25) is 5.91 Å². The number of halogens is 3. The largest absolute Gasteiger partial charge is 0.417 e. The average Bonchev–Trinajstić information content (AvgIpc) is 2.94. The quantitative estimate of drug-likeness (QED) is 0.657. The Labute approximate surface area is 146 Å². The predicted octanol–water partition coefficient (Wildman–Crippen LogP) is 3.86. The van der Waals surface area contributed by atoms with E-state index in [1.165, 1.54) is 13.8 Å². The average molecular weight is 363 g/mol. The molecule has 0 fully saturated rings. The van der Waals surface area contributed by atoms with Crippen LogP contribution in [-0.4, -0.2) is 21.1 Å². The third-order valence-corrected chi connectivity index (χ3v) is 3.70. The molecule has 0 saturated carbocycles. The van der Waals surface area contributed by atoms with Gasteiger partial charge in [0, 0.05) is 24.8 Å². The van der Waals surface area contributed by atoms with E-state index in [9.17, 15) is 18.0 Å². The topological polar surface area (TPSA) is 82.7 Å². The van der Waals surface area contributed by atoms with Crippen LogP contribution in [0.1, 0.15) is 23.7 Å². The molecule has 0 aliphatic carbocycles. The highest BCUT2D eigenvalue weighted by Crippen LogP contribution is 2.37. The SMILES string of the molecule is CC(=O)Nc1ccc(CNc2n[nH]c3nc(C)cc(C(F)(F)F)c23)cc1. The van der Waals surface area contributed by atoms with Gasteiger partial charge in [-0.2, -0.15) is 18.3 Å². The summed E-state index contributed by atoms with van der Waals surface area (Å²) in [6, 6.07) is 7.96. The number of rotatable bonds is 4. The Kier molecular flexibility index (Phi) is 4.54. The van der Waals surface area contributed by atoms with Gasteiger partial charge in [0.1, 0.15) is 0 Å². The lowest BCUT2D eigenvalue weighted by Gasteiger charge is -2.11. The lowest BCUT2D eigenvalue weighted by molar-refractivity contribution is -0.136.